The molecule has 0 saturated carbocycles. The Kier molecular flexibility index (Phi) is 4.70. The summed E-state index contributed by atoms with van der Waals surface area (Å²) >= 11 is 0. The first-order chi connectivity index (χ1) is 10.0. The van der Waals surface area contributed by atoms with Crippen LogP contribution < -0.4 is 4.72 Å². The van der Waals surface area contributed by atoms with Crippen LogP contribution in [0.3, 0.4) is 0 Å². The number of rotatable bonds is 5. The van der Waals surface area contributed by atoms with E-state index in [-0.39, 0.29) is 18.0 Å². The van der Waals surface area contributed by atoms with Crippen molar-refractivity contribution in [3.63, 3.8) is 0 Å². The minimum Gasteiger partial charge on any atom is -0.392 e. The molecular formula is C15H14N2O3S. The van der Waals surface area contributed by atoms with Crippen LogP contribution in [-0.2, 0) is 23.2 Å². The van der Waals surface area contributed by atoms with Crippen LogP contribution in [0.4, 0.5) is 0 Å². The lowest BCUT2D eigenvalue weighted by atomic mass is 10.1. The van der Waals surface area contributed by atoms with Crippen LogP contribution in [-0.4, -0.2) is 13.5 Å². The van der Waals surface area contributed by atoms with E-state index in [9.17, 15) is 8.42 Å². The molecule has 0 aliphatic rings. The first-order valence-corrected chi connectivity index (χ1v) is 7.72. The molecule has 0 fully saturated rings. The van der Waals surface area contributed by atoms with Crippen molar-refractivity contribution in [1.82, 2.24) is 4.72 Å². The molecule has 21 heavy (non-hydrogen) atoms. The van der Waals surface area contributed by atoms with Crippen LogP contribution in [0.15, 0.2) is 53.4 Å². The molecule has 0 bridgehead atoms. The summed E-state index contributed by atoms with van der Waals surface area (Å²) in [7, 11) is -3.61. The zero-order valence-electron chi connectivity index (χ0n) is 11.2. The molecule has 0 amide bonds. The van der Waals surface area contributed by atoms with Gasteiger partial charge in [-0.05, 0) is 35.4 Å². The summed E-state index contributed by atoms with van der Waals surface area (Å²) in [6.45, 7) is 0.116. The topological polar surface area (TPSA) is 90.2 Å². The molecule has 5 nitrogen and oxygen atoms in total. The number of nitriles is 1. The molecule has 6 heteroatoms. The Bertz CT molecular complexity index is 745. The van der Waals surface area contributed by atoms with Crippen molar-refractivity contribution in [2.75, 3.05) is 0 Å². The summed E-state index contributed by atoms with van der Waals surface area (Å²) < 4.78 is 26.7. The van der Waals surface area contributed by atoms with Gasteiger partial charge in [-0.25, -0.2) is 13.1 Å². The van der Waals surface area contributed by atoms with Gasteiger partial charge >= 0.3 is 0 Å². The summed E-state index contributed by atoms with van der Waals surface area (Å²) in [6.07, 6.45) is 0. The van der Waals surface area contributed by atoms with Crippen molar-refractivity contribution in [2.24, 2.45) is 0 Å². The molecule has 0 spiro atoms. The summed E-state index contributed by atoms with van der Waals surface area (Å²) in [5.41, 5.74) is 1.98. The Hall–Kier alpha value is -2.20. The predicted octanol–water partition coefficient (Wildman–Crippen LogP) is 1.53. The maximum atomic E-state index is 12.1. The van der Waals surface area contributed by atoms with Gasteiger partial charge in [0.15, 0.2) is 0 Å². The first-order valence-electron chi connectivity index (χ1n) is 6.23. The van der Waals surface area contributed by atoms with Crippen molar-refractivity contribution < 1.29 is 13.5 Å². The quantitative estimate of drug-likeness (QED) is 0.876. The highest BCUT2D eigenvalue weighted by atomic mass is 32.2. The lowest BCUT2D eigenvalue weighted by molar-refractivity contribution is 0.282. The van der Waals surface area contributed by atoms with Crippen molar-refractivity contribution in [3.05, 3.63) is 65.2 Å². The number of hydrogen-bond acceptors (Lipinski definition) is 4. The molecule has 2 N–H and O–H groups in total. The number of sulfonamides is 1. The van der Waals surface area contributed by atoms with Crippen LogP contribution in [0.2, 0.25) is 0 Å². The summed E-state index contributed by atoms with van der Waals surface area (Å²) in [5, 5.41) is 17.6. The van der Waals surface area contributed by atoms with Gasteiger partial charge in [0.25, 0.3) is 0 Å². The smallest absolute Gasteiger partial charge is 0.240 e. The molecule has 0 unspecified atom stereocenters. The van der Waals surface area contributed by atoms with Gasteiger partial charge in [0.05, 0.1) is 23.1 Å². The molecule has 0 heterocycles. The summed E-state index contributed by atoms with van der Waals surface area (Å²) in [4.78, 5) is 0.119. The molecule has 0 atom stereocenters. The largest absolute Gasteiger partial charge is 0.392 e. The fourth-order valence-corrected chi connectivity index (χ4v) is 2.75. The zero-order valence-corrected chi connectivity index (χ0v) is 12.0. The van der Waals surface area contributed by atoms with Crippen molar-refractivity contribution in [2.45, 2.75) is 18.0 Å². The fourth-order valence-electron chi connectivity index (χ4n) is 1.73. The van der Waals surface area contributed by atoms with Gasteiger partial charge in [0.2, 0.25) is 10.0 Å². The highest BCUT2D eigenvalue weighted by Gasteiger charge is 2.13. The van der Waals surface area contributed by atoms with Gasteiger partial charge in [0, 0.05) is 6.54 Å². The normalized spacial score (nSPS) is 11.0. The Morgan fingerprint density at radius 3 is 2.10 bits per heavy atom. The minimum atomic E-state index is -3.61. The second-order valence-corrected chi connectivity index (χ2v) is 6.20. The third kappa shape index (κ3) is 3.89. The molecule has 0 saturated heterocycles. The Labute approximate surface area is 123 Å². The third-order valence-corrected chi connectivity index (χ3v) is 4.38. The number of hydrogen-bond donors (Lipinski definition) is 2. The van der Waals surface area contributed by atoms with E-state index in [1.807, 2.05) is 6.07 Å². The zero-order chi connectivity index (χ0) is 15.3. The van der Waals surface area contributed by atoms with E-state index in [2.05, 4.69) is 4.72 Å². The van der Waals surface area contributed by atoms with Crippen molar-refractivity contribution >= 4 is 10.0 Å². The third-order valence-electron chi connectivity index (χ3n) is 2.97. The first kappa shape index (κ1) is 15.2. The second-order valence-electron chi connectivity index (χ2n) is 4.44. The second kappa shape index (κ2) is 6.50. The highest BCUT2D eigenvalue weighted by Crippen LogP contribution is 2.11. The monoisotopic (exact) mass is 302 g/mol. The standard InChI is InChI=1S/C15H14N2O3S/c16-9-12-5-7-15(8-6-12)21(19,20)17-10-13-1-3-14(11-18)4-2-13/h1-8,17-18H,10-11H2. The van der Waals surface area contributed by atoms with Crippen LogP contribution in [0.5, 0.6) is 0 Å². The van der Waals surface area contributed by atoms with Gasteiger partial charge in [-0.3, -0.25) is 0 Å². The van der Waals surface area contributed by atoms with E-state index in [0.717, 1.165) is 11.1 Å². The van der Waals surface area contributed by atoms with E-state index in [1.54, 1.807) is 24.3 Å². The van der Waals surface area contributed by atoms with E-state index in [1.165, 1.54) is 24.3 Å². The maximum absolute atomic E-state index is 12.1. The fraction of sp³-hybridized carbons (Fsp3) is 0.133. The number of aliphatic hydroxyl groups excluding tert-OH is 1. The summed E-state index contributed by atoms with van der Waals surface area (Å²) in [6, 6.07) is 14.7. The van der Waals surface area contributed by atoms with E-state index < -0.39 is 10.0 Å². The van der Waals surface area contributed by atoms with Crippen molar-refractivity contribution in [3.8, 4) is 6.07 Å². The molecule has 0 aromatic heterocycles. The number of benzene rings is 2. The van der Waals surface area contributed by atoms with Crippen LogP contribution in [0.25, 0.3) is 0 Å². The number of nitrogens with one attached hydrogen (secondary N) is 1. The van der Waals surface area contributed by atoms with Gasteiger partial charge in [-0.15, -0.1) is 0 Å². The van der Waals surface area contributed by atoms with Gasteiger partial charge in [0.1, 0.15) is 0 Å². The van der Waals surface area contributed by atoms with E-state index in [4.69, 9.17) is 10.4 Å². The average Bonchev–Trinajstić information content (AvgIpc) is 2.53. The van der Waals surface area contributed by atoms with Crippen LogP contribution in [0, 0.1) is 11.3 Å². The Morgan fingerprint density at radius 1 is 1.00 bits per heavy atom. The molecule has 0 aliphatic heterocycles. The predicted molar refractivity (Wildman–Crippen MR) is 77.5 cm³/mol. The van der Waals surface area contributed by atoms with Crippen LogP contribution >= 0.6 is 0 Å². The minimum absolute atomic E-state index is 0.0444. The SMILES string of the molecule is N#Cc1ccc(S(=O)(=O)NCc2ccc(CO)cc2)cc1. The Balaban J connectivity index is 2.08. The Morgan fingerprint density at radius 2 is 1.57 bits per heavy atom. The molecule has 108 valence electrons. The maximum Gasteiger partial charge on any atom is 0.240 e. The van der Waals surface area contributed by atoms with Crippen LogP contribution in [0.1, 0.15) is 16.7 Å². The molecule has 2 aromatic carbocycles. The van der Waals surface area contributed by atoms with Gasteiger partial charge < -0.3 is 5.11 Å². The van der Waals surface area contributed by atoms with E-state index >= 15 is 0 Å². The molecular weight excluding hydrogens is 288 g/mol. The molecule has 2 aromatic rings. The lowest BCUT2D eigenvalue weighted by Gasteiger charge is -2.07. The lowest BCUT2D eigenvalue weighted by Crippen LogP contribution is -2.23. The number of aliphatic hydroxyl groups is 1. The molecule has 0 aliphatic carbocycles. The highest BCUT2D eigenvalue weighted by molar-refractivity contribution is 7.89. The van der Waals surface area contributed by atoms with Gasteiger partial charge in [-0.2, -0.15) is 5.26 Å². The molecule has 0 radical (unpaired) electrons. The number of nitrogens with zero attached hydrogens (tertiary/aromatic N) is 1. The van der Waals surface area contributed by atoms with Crippen molar-refractivity contribution in [1.29, 1.82) is 5.26 Å². The average molecular weight is 302 g/mol. The summed E-state index contributed by atoms with van der Waals surface area (Å²) in [5.74, 6) is 0. The van der Waals surface area contributed by atoms with Gasteiger partial charge in [-0.1, -0.05) is 24.3 Å². The molecule has 2 rings (SSSR count). The van der Waals surface area contributed by atoms with E-state index in [0.29, 0.717) is 5.56 Å².